The van der Waals surface area contributed by atoms with E-state index in [0.29, 0.717) is 6.42 Å². The molecule has 0 aromatic heterocycles. The number of hydrogen-bond acceptors (Lipinski definition) is 2. The maximum atomic E-state index is 13.4. The van der Waals surface area contributed by atoms with Gasteiger partial charge in [0.2, 0.25) is 11.8 Å². The minimum atomic E-state index is -0.903. The van der Waals surface area contributed by atoms with Gasteiger partial charge in [-0.3, -0.25) is 9.59 Å². The number of nitrogens with two attached hydrogens (primary N) is 1. The van der Waals surface area contributed by atoms with Crippen molar-refractivity contribution in [2.24, 2.45) is 5.73 Å². The Bertz CT molecular complexity index is 689. The van der Waals surface area contributed by atoms with Gasteiger partial charge in [0.05, 0.1) is 5.41 Å². The number of primary amides is 1. The zero-order chi connectivity index (χ0) is 19.7. The lowest BCUT2D eigenvalue weighted by atomic mass is 9.75. The van der Waals surface area contributed by atoms with Crippen molar-refractivity contribution in [3.05, 3.63) is 71.8 Å². The van der Waals surface area contributed by atoms with E-state index >= 15 is 0 Å². The topological polar surface area (TPSA) is 72.2 Å². The molecule has 0 aliphatic rings. The van der Waals surface area contributed by atoms with Crippen LogP contribution in [0.4, 0.5) is 0 Å². The number of benzene rings is 2. The monoisotopic (exact) mass is 366 g/mol. The number of nitrogens with one attached hydrogen (secondary N) is 1. The van der Waals surface area contributed by atoms with Gasteiger partial charge in [0.15, 0.2) is 0 Å². The zero-order valence-electron chi connectivity index (χ0n) is 16.3. The molecule has 0 unspecified atom stereocenters. The van der Waals surface area contributed by atoms with E-state index in [1.807, 2.05) is 67.6 Å². The summed E-state index contributed by atoms with van der Waals surface area (Å²) in [5.41, 5.74) is 6.42. The van der Waals surface area contributed by atoms with Gasteiger partial charge in [-0.1, -0.05) is 93.3 Å². The highest BCUT2D eigenvalue weighted by atomic mass is 16.2. The van der Waals surface area contributed by atoms with Crippen molar-refractivity contribution >= 4 is 11.8 Å². The Hall–Kier alpha value is -2.62. The molecule has 2 aromatic rings. The maximum absolute atomic E-state index is 13.4. The summed E-state index contributed by atoms with van der Waals surface area (Å²) in [4.78, 5) is 25.3. The van der Waals surface area contributed by atoms with Crippen molar-refractivity contribution in [2.75, 3.05) is 0 Å². The van der Waals surface area contributed by atoms with Crippen molar-refractivity contribution < 1.29 is 9.59 Å². The van der Waals surface area contributed by atoms with E-state index < -0.39 is 17.4 Å². The summed E-state index contributed by atoms with van der Waals surface area (Å²) in [7, 11) is 0. The van der Waals surface area contributed by atoms with Gasteiger partial charge in [-0.25, -0.2) is 0 Å². The average molecular weight is 367 g/mol. The van der Waals surface area contributed by atoms with Crippen LogP contribution in [0.15, 0.2) is 60.7 Å². The Morgan fingerprint density at radius 2 is 1.44 bits per heavy atom. The fourth-order valence-electron chi connectivity index (χ4n) is 3.34. The van der Waals surface area contributed by atoms with Gasteiger partial charge in [0.1, 0.15) is 6.04 Å². The highest BCUT2D eigenvalue weighted by Crippen LogP contribution is 2.32. The van der Waals surface area contributed by atoms with Crippen LogP contribution >= 0.6 is 0 Å². The summed E-state index contributed by atoms with van der Waals surface area (Å²) >= 11 is 0. The second kappa shape index (κ2) is 9.91. The van der Waals surface area contributed by atoms with E-state index in [0.717, 1.165) is 36.8 Å². The minimum absolute atomic E-state index is 0.209. The van der Waals surface area contributed by atoms with Crippen molar-refractivity contribution in [1.82, 2.24) is 5.32 Å². The lowest BCUT2D eigenvalue weighted by Crippen LogP contribution is -2.51. The predicted octanol–water partition coefficient (Wildman–Crippen LogP) is 3.93. The van der Waals surface area contributed by atoms with Crippen molar-refractivity contribution in [3.63, 3.8) is 0 Å². The first-order chi connectivity index (χ1) is 13.0. The van der Waals surface area contributed by atoms with Gasteiger partial charge in [-0.15, -0.1) is 0 Å². The molecule has 0 spiro atoms. The molecule has 3 N–H and O–H groups in total. The summed E-state index contributed by atoms with van der Waals surface area (Å²) in [6.45, 7) is 4.03. The first-order valence-electron chi connectivity index (χ1n) is 9.71. The first-order valence-corrected chi connectivity index (χ1v) is 9.71. The molecular formula is C23H30N2O2. The van der Waals surface area contributed by atoms with Crippen molar-refractivity contribution in [1.29, 1.82) is 0 Å². The Balaban J connectivity index is 2.27. The van der Waals surface area contributed by atoms with Crippen LogP contribution in [0.25, 0.3) is 0 Å². The van der Waals surface area contributed by atoms with Crippen LogP contribution in [-0.4, -0.2) is 17.9 Å². The van der Waals surface area contributed by atoms with E-state index in [2.05, 4.69) is 12.2 Å². The quantitative estimate of drug-likeness (QED) is 0.625. The van der Waals surface area contributed by atoms with Crippen LogP contribution in [0.3, 0.4) is 0 Å². The van der Waals surface area contributed by atoms with Crippen LogP contribution < -0.4 is 11.1 Å². The fraction of sp³-hybridized carbons (Fsp3) is 0.391. The molecule has 144 valence electrons. The van der Waals surface area contributed by atoms with E-state index in [1.165, 1.54) is 0 Å². The van der Waals surface area contributed by atoms with Crippen LogP contribution in [0.5, 0.6) is 0 Å². The number of carbonyl (C=O) groups excluding carboxylic acids is 2. The molecule has 1 atom stereocenters. The third kappa shape index (κ3) is 5.19. The smallest absolute Gasteiger partial charge is 0.240 e. The van der Waals surface area contributed by atoms with Gasteiger partial charge < -0.3 is 11.1 Å². The second-order valence-electron chi connectivity index (χ2n) is 7.13. The van der Waals surface area contributed by atoms with Gasteiger partial charge in [-0.05, 0) is 24.5 Å². The Kier molecular flexibility index (Phi) is 7.59. The van der Waals surface area contributed by atoms with Gasteiger partial charge in [-0.2, -0.15) is 0 Å². The van der Waals surface area contributed by atoms with Gasteiger partial charge in [0.25, 0.3) is 0 Å². The normalized spacial score (nSPS) is 12.4. The van der Waals surface area contributed by atoms with Gasteiger partial charge >= 0.3 is 0 Å². The van der Waals surface area contributed by atoms with Crippen LogP contribution in [0, 0.1) is 0 Å². The Labute approximate surface area is 162 Å². The molecule has 0 aliphatic heterocycles. The van der Waals surface area contributed by atoms with E-state index in [9.17, 15) is 9.59 Å². The number of amides is 2. The maximum Gasteiger partial charge on any atom is 0.240 e. The van der Waals surface area contributed by atoms with E-state index in [4.69, 9.17) is 5.73 Å². The van der Waals surface area contributed by atoms with Crippen LogP contribution in [0.1, 0.15) is 57.1 Å². The molecule has 0 fully saturated rings. The summed E-state index contributed by atoms with van der Waals surface area (Å²) in [6, 6.07) is 18.6. The second-order valence-corrected chi connectivity index (χ2v) is 7.13. The molecule has 2 aromatic carbocycles. The predicted molar refractivity (Wildman–Crippen MR) is 109 cm³/mol. The third-order valence-electron chi connectivity index (χ3n) is 5.15. The fourth-order valence-corrected chi connectivity index (χ4v) is 3.34. The Morgan fingerprint density at radius 1 is 0.926 bits per heavy atom. The number of hydrogen-bond donors (Lipinski definition) is 2. The molecule has 27 heavy (non-hydrogen) atoms. The third-order valence-corrected chi connectivity index (χ3v) is 5.15. The molecule has 0 saturated heterocycles. The van der Waals surface area contributed by atoms with E-state index in [-0.39, 0.29) is 5.91 Å². The average Bonchev–Trinajstić information content (AvgIpc) is 2.70. The van der Waals surface area contributed by atoms with Crippen LogP contribution in [0.2, 0.25) is 0 Å². The molecule has 2 rings (SSSR count). The number of unbranched alkanes of at least 4 members (excludes halogenated alkanes) is 3. The molecule has 0 heterocycles. The minimum Gasteiger partial charge on any atom is -0.368 e. The highest BCUT2D eigenvalue weighted by Gasteiger charge is 2.38. The Morgan fingerprint density at radius 3 is 1.89 bits per heavy atom. The summed E-state index contributed by atoms with van der Waals surface area (Å²) in [5, 5.41) is 2.92. The summed E-state index contributed by atoms with van der Waals surface area (Å²) in [5.74, 6) is -0.692. The zero-order valence-corrected chi connectivity index (χ0v) is 16.3. The van der Waals surface area contributed by atoms with Gasteiger partial charge in [0, 0.05) is 0 Å². The number of carbonyl (C=O) groups is 2. The molecule has 0 aliphatic carbocycles. The largest absolute Gasteiger partial charge is 0.368 e. The molecule has 0 bridgehead atoms. The SMILES string of the molecule is CCCCCC[C@H](NC(=O)C(C)(c1ccccc1)c1ccccc1)C(N)=O. The molecule has 2 amide bonds. The summed E-state index contributed by atoms with van der Waals surface area (Å²) < 4.78 is 0. The van der Waals surface area contributed by atoms with Crippen LogP contribution in [-0.2, 0) is 15.0 Å². The highest BCUT2D eigenvalue weighted by molar-refractivity contribution is 5.95. The standard InChI is InChI=1S/C23H30N2O2/c1-3-4-5-12-17-20(21(24)26)25-22(27)23(2,18-13-8-6-9-14-18)19-15-10-7-11-16-19/h6-11,13-16,20H,3-5,12,17H2,1-2H3,(H2,24,26)(H,25,27)/t20-/m0/s1. The van der Waals surface area contributed by atoms with Crippen molar-refractivity contribution in [2.45, 2.75) is 57.4 Å². The number of rotatable bonds is 10. The van der Waals surface area contributed by atoms with Crippen molar-refractivity contribution in [3.8, 4) is 0 Å². The molecule has 0 saturated carbocycles. The molecule has 4 nitrogen and oxygen atoms in total. The lowest BCUT2D eigenvalue weighted by Gasteiger charge is -2.31. The lowest BCUT2D eigenvalue weighted by molar-refractivity contribution is -0.130. The summed E-state index contributed by atoms with van der Waals surface area (Å²) in [6.07, 6.45) is 4.71. The van der Waals surface area contributed by atoms with E-state index in [1.54, 1.807) is 0 Å². The first kappa shape index (κ1) is 20.7. The molecule has 4 heteroatoms. The molecule has 0 radical (unpaired) electrons. The molecular weight excluding hydrogens is 336 g/mol.